The predicted octanol–water partition coefficient (Wildman–Crippen LogP) is 7.86. The molecule has 1 N–H and O–H groups in total. The fourth-order valence-electron chi connectivity index (χ4n) is 4.57. The molecule has 0 saturated carbocycles. The van der Waals surface area contributed by atoms with Crippen LogP contribution in [0.5, 0.6) is 0 Å². The lowest BCUT2D eigenvalue weighted by Gasteiger charge is -2.24. The molecule has 8 heteroatoms. The summed E-state index contributed by atoms with van der Waals surface area (Å²) in [6.45, 7) is 11.7. The SMILES string of the molecule is CC(C)(C)OC(=O)CCCCCCCCCCCCCC(=O)N(CCC(=O)OC(C)(C)C)Cc1ccc(C(=O)O)cc1. The Morgan fingerprint density at radius 3 is 1.45 bits per heavy atom. The van der Waals surface area contributed by atoms with Gasteiger partial charge in [-0.15, -0.1) is 0 Å². The van der Waals surface area contributed by atoms with E-state index in [1.807, 2.05) is 41.5 Å². The topological polar surface area (TPSA) is 110 Å². The van der Waals surface area contributed by atoms with Crippen LogP contribution < -0.4 is 0 Å². The van der Waals surface area contributed by atoms with E-state index in [0.717, 1.165) is 50.5 Å². The van der Waals surface area contributed by atoms with E-state index in [2.05, 4.69) is 0 Å². The maximum Gasteiger partial charge on any atom is 0.335 e. The summed E-state index contributed by atoms with van der Waals surface area (Å²) in [6, 6.07) is 6.48. The molecular formula is C34H55NO7. The molecule has 8 nitrogen and oxygen atoms in total. The average Bonchev–Trinajstić information content (AvgIpc) is 2.87. The van der Waals surface area contributed by atoms with Gasteiger partial charge >= 0.3 is 17.9 Å². The number of carbonyl (C=O) groups is 4. The smallest absolute Gasteiger partial charge is 0.335 e. The van der Waals surface area contributed by atoms with Gasteiger partial charge in [0.2, 0.25) is 5.91 Å². The van der Waals surface area contributed by atoms with E-state index in [1.54, 1.807) is 17.0 Å². The highest BCUT2D eigenvalue weighted by atomic mass is 16.6. The van der Waals surface area contributed by atoms with Crippen LogP contribution in [0.25, 0.3) is 0 Å². The zero-order valence-corrected chi connectivity index (χ0v) is 27.0. The van der Waals surface area contributed by atoms with Gasteiger partial charge in [-0.25, -0.2) is 4.79 Å². The minimum atomic E-state index is -0.994. The van der Waals surface area contributed by atoms with Crippen LogP contribution in [0.3, 0.4) is 0 Å². The Kier molecular flexibility index (Phi) is 17.1. The molecule has 0 radical (unpaired) electrons. The van der Waals surface area contributed by atoms with Crippen molar-refractivity contribution < 1.29 is 33.8 Å². The highest BCUT2D eigenvalue weighted by Gasteiger charge is 2.20. The first-order valence-corrected chi connectivity index (χ1v) is 15.7. The lowest BCUT2D eigenvalue weighted by Crippen LogP contribution is -2.34. The average molecular weight is 590 g/mol. The minimum absolute atomic E-state index is 0.00691. The van der Waals surface area contributed by atoms with Crippen LogP contribution in [0.2, 0.25) is 0 Å². The monoisotopic (exact) mass is 589 g/mol. The van der Waals surface area contributed by atoms with Crippen molar-refractivity contribution in [1.82, 2.24) is 4.90 Å². The molecule has 42 heavy (non-hydrogen) atoms. The quantitative estimate of drug-likeness (QED) is 0.122. The second-order valence-corrected chi connectivity index (χ2v) is 13.1. The van der Waals surface area contributed by atoms with Crippen molar-refractivity contribution >= 4 is 23.8 Å². The standard InChI is InChI=1S/C34H55NO7/c1-33(2,3)41-30(37)19-17-15-13-11-9-7-8-10-12-14-16-18-29(36)35(25-24-31(38)42-34(4,5)6)26-27-20-22-28(23-21-27)32(39)40/h20-23H,7-19,24-26H2,1-6H3,(H,39,40). The number of hydrogen-bond acceptors (Lipinski definition) is 6. The van der Waals surface area contributed by atoms with E-state index < -0.39 is 17.2 Å². The first kappa shape index (κ1) is 37.1. The molecule has 0 heterocycles. The molecule has 0 atom stereocenters. The fourth-order valence-corrected chi connectivity index (χ4v) is 4.57. The third kappa shape index (κ3) is 19.3. The van der Waals surface area contributed by atoms with Crippen molar-refractivity contribution in [2.45, 2.75) is 149 Å². The Morgan fingerprint density at radius 1 is 0.619 bits per heavy atom. The molecule has 0 aliphatic heterocycles. The number of esters is 2. The Balaban J connectivity index is 2.29. The summed E-state index contributed by atoms with van der Waals surface area (Å²) in [4.78, 5) is 49.9. The second kappa shape index (κ2) is 19.3. The summed E-state index contributed by atoms with van der Waals surface area (Å²) in [5, 5.41) is 9.14. The van der Waals surface area contributed by atoms with Gasteiger partial charge in [0, 0.05) is 25.9 Å². The molecule has 0 fully saturated rings. The number of amides is 1. The van der Waals surface area contributed by atoms with Gasteiger partial charge in [0.15, 0.2) is 0 Å². The van der Waals surface area contributed by atoms with Gasteiger partial charge in [-0.1, -0.05) is 69.9 Å². The van der Waals surface area contributed by atoms with Crippen molar-refractivity contribution in [3.63, 3.8) is 0 Å². The summed E-state index contributed by atoms with van der Waals surface area (Å²) in [5.41, 5.74) is 0.0263. The number of carboxylic acid groups (broad SMARTS) is 1. The van der Waals surface area contributed by atoms with E-state index in [9.17, 15) is 19.2 Å². The van der Waals surface area contributed by atoms with Crippen LogP contribution in [0, 0.1) is 0 Å². The van der Waals surface area contributed by atoms with Crippen molar-refractivity contribution in [3.8, 4) is 0 Å². The molecule has 0 spiro atoms. The third-order valence-corrected chi connectivity index (χ3v) is 6.62. The third-order valence-electron chi connectivity index (χ3n) is 6.62. The van der Waals surface area contributed by atoms with Crippen LogP contribution in [-0.4, -0.2) is 51.6 Å². The van der Waals surface area contributed by atoms with Crippen molar-refractivity contribution in [2.24, 2.45) is 0 Å². The van der Waals surface area contributed by atoms with Crippen molar-refractivity contribution in [3.05, 3.63) is 35.4 Å². The molecule has 0 aliphatic rings. The highest BCUT2D eigenvalue weighted by molar-refractivity contribution is 5.87. The Labute approximate surface area is 253 Å². The van der Waals surface area contributed by atoms with Crippen LogP contribution in [0.1, 0.15) is 147 Å². The number of benzene rings is 1. The van der Waals surface area contributed by atoms with E-state index in [0.29, 0.717) is 19.4 Å². The summed E-state index contributed by atoms with van der Waals surface area (Å²) in [6.07, 6.45) is 13.0. The zero-order chi connectivity index (χ0) is 31.6. The van der Waals surface area contributed by atoms with Crippen LogP contribution in [-0.2, 0) is 30.4 Å². The number of unbranched alkanes of at least 4 members (excludes halogenated alkanes) is 10. The van der Waals surface area contributed by atoms with Gasteiger partial charge in [0.05, 0.1) is 12.0 Å². The van der Waals surface area contributed by atoms with Crippen LogP contribution in [0.4, 0.5) is 0 Å². The molecule has 238 valence electrons. The molecule has 1 amide bonds. The van der Waals surface area contributed by atoms with Gasteiger partial charge in [0.25, 0.3) is 0 Å². The number of ether oxygens (including phenoxy) is 2. The maximum atomic E-state index is 13.1. The van der Waals surface area contributed by atoms with Gasteiger partial charge in [0.1, 0.15) is 11.2 Å². The number of nitrogens with zero attached hydrogens (tertiary/aromatic N) is 1. The largest absolute Gasteiger partial charge is 0.478 e. The van der Waals surface area contributed by atoms with E-state index >= 15 is 0 Å². The summed E-state index contributed by atoms with van der Waals surface area (Å²) >= 11 is 0. The molecule has 0 aromatic heterocycles. The number of rotatable bonds is 20. The maximum absolute atomic E-state index is 13.1. The molecular weight excluding hydrogens is 534 g/mol. The lowest BCUT2D eigenvalue weighted by atomic mass is 10.0. The summed E-state index contributed by atoms with van der Waals surface area (Å²) in [7, 11) is 0. The van der Waals surface area contributed by atoms with Gasteiger partial charge in [-0.2, -0.15) is 0 Å². The highest BCUT2D eigenvalue weighted by Crippen LogP contribution is 2.16. The normalized spacial score (nSPS) is 11.7. The van der Waals surface area contributed by atoms with Crippen LogP contribution in [0.15, 0.2) is 24.3 Å². The molecule has 0 saturated heterocycles. The Bertz CT molecular complexity index is 958. The molecule has 0 aliphatic carbocycles. The van der Waals surface area contributed by atoms with Gasteiger partial charge in [-0.3, -0.25) is 14.4 Å². The fraction of sp³-hybridized carbons (Fsp3) is 0.706. The Hall–Kier alpha value is -2.90. The number of carbonyl (C=O) groups excluding carboxylic acids is 3. The zero-order valence-electron chi connectivity index (χ0n) is 27.0. The summed E-state index contributed by atoms with van der Waals surface area (Å²) < 4.78 is 10.7. The summed E-state index contributed by atoms with van der Waals surface area (Å²) in [5.74, 6) is -1.45. The van der Waals surface area contributed by atoms with Gasteiger partial charge < -0.3 is 19.5 Å². The first-order valence-electron chi connectivity index (χ1n) is 15.7. The molecule has 1 aromatic rings. The second-order valence-electron chi connectivity index (χ2n) is 13.1. The molecule has 1 rings (SSSR count). The molecule has 0 unspecified atom stereocenters. The van der Waals surface area contributed by atoms with Crippen molar-refractivity contribution in [2.75, 3.05) is 6.54 Å². The van der Waals surface area contributed by atoms with E-state index in [1.165, 1.54) is 37.8 Å². The van der Waals surface area contributed by atoms with Crippen molar-refractivity contribution in [1.29, 1.82) is 0 Å². The minimum Gasteiger partial charge on any atom is -0.478 e. The number of carboxylic acids is 1. The lowest BCUT2D eigenvalue weighted by molar-refractivity contribution is -0.156. The van der Waals surface area contributed by atoms with E-state index in [-0.39, 0.29) is 36.4 Å². The Morgan fingerprint density at radius 2 is 1.02 bits per heavy atom. The van der Waals surface area contributed by atoms with E-state index in [4.69, 9.17) is 14.6 Å². The molecule has 1 aromatic carbocycles. The first-order chi connectivity index (χ1) is 19.7. The number of hydrogen-bond donors (Lipinski definition) is 1. The number of aromatic carboxylic acids is 1. The van der Waals surface area contributed by atoms with Gasteiger partial charge in [-0.05, 0) is 72.1 Å². The predicted molar refractivity (Wildman–Crippen MR) is 165 cm³/mol. The molecule has 0 bridgehead atoms. The van der Waals surface area contributed by atoms with Crippen LogP contribution >= 0.6 is 0 Å².